The molecule has 41 heavy (non-hydrogen) atoms. The molecule has 0 aliphatic heterocycles. The lowest BCUT2D eigenvalue weighted by atomic mass is 10.1. The van der Waals surface area contributed by atoms with Gasteiger partial charge in [-0.2, -0.15) is 15.0 Å². The van der Waals surface area contributed by atoms with Crippen LogP contribution in [0.2, 0.25) is 6.04 Å². The number of hydrogen-bond donors (Lipinski definition) is 5. The maximum Gasteiger partial charge on any atom is 0.501 e. The van der Waals surface area contributed by atoms with Crippen LogP contribution >= 0.6 is 0 Å². The van der Waals surface area contributed by atoms with Gasteiger partial charge >= 0.3 is 8.80 Å². The molecule has 0 fully saturated rings. The maximum atomic E-state index is 5.99. The van der Waals surface area contributed by atoms with E-state index < -0.39 is 8.80 Å². The third kappa shape index (κ3) is 8.88. The first kappa shape index (κ1) is 29.7. The van der Waals surface area contributed by atoms with Crippen LogP contribution in [0.4, 0.5) is 46.3 Å². The zero-order valence-electron chi connectivity index (χ0n) is 23.7. The van der Waals surface area contributed by atoms with Gasteiger partial charge in [0.15, 0.2) is 0 Å². The quantitative estimate of drug-likeness (QED) is 0.0856. The summed E-state index contributed by atoms with van der Waals surface area (Å²) in [6.45, 7) is 7.58. The summed E-state index contributed by atoms with van der Waals surface area (Å²) >= 11 is 0. The highest BCUT2D eigenvalue weighted by atomic mass is 28.4. The van der Waals surface area contributed by atoms with Crippen molar-refractivity contribution in [3.8, 4) is 0 Å². The summed E-state index contributed by atoms with van der Waals surface area (Å²) in [5.74, 6) is 1.11. The average Bonchev–Trinajstić information content (AvgIpc) is 2.96. The highest BCUT2D eigenvalue weighted by Gasteiger charge is 2.39. The number of anilines is 8. The van der Waals surface area contributed by atoms with Gasteiger partial charge in [0.1, 0.15) is 0 Å². The van der Waals surface area contributed by atoms with E-state index in [4.69, 9.17) is 24.7 Å². The molecule has 4 rings (SSSR count). The van der Waals surface area contributed by atoms with Crippen molar-refractivity contribution < 1.29 is 13.3 Å². The fourth-order valence-electron chi connectivity index (χ4n) is 4.12. The van der Waals surface area contributed by atoms with E-state index in [1.165, 1.54) is 0 Å². The molecular weight excluding hydrogens is 536 g/mol. The summed E-state index contributed by atoms with van der Waals surface area (Å²) in [5, 5.41) is 9.72. The molecule has 0 aliphatic rings. The topological polar surface area (TPSA) is 154 Å². The highest BCUT2D eigenvalue weighted by Crippen LogP contribution is 2.24. The molecule has 1 aromatic heterocycles. The Hall–Kier alpha value is -4.23. The minimum absolute atomic E-state index is 0.367. The predicted octanol–water partition coefficient (Wildman–Crippen LogP) is 5.86. The monoisotopic (exact) mass is 574 g/mol. The Labute approximate surface area is 242 Å². The Morgan fingerprint density at radius 1 is 0.561 bits per heavy atom. The second kappa shape index (κ2) is 14.4. The Kier molecular flexibility index (Phi) is 10.5. The summed E-state index contributed by atoms with van der Waals surface area (Å²) in [6, 6.07) is 23.5. The van der Waals surface area contributed by atoms with Gasteiger partial charge in [-0.1, -0.05) is 12.1 Å². The van der Waals surface area contributed by atoms with Gasteiger partial charge in [0.25, 0.3) is 0 Å². The van der Waals surface area contributed by atoms with Crippen LogP contribution in [0.5, 0.6) is 0 Å². The first-order chi connectivity index (χ1) is 19.9. The van der Waals surface area contributed by atoms with Crippen LogP contribution in [0, 0.1) is 0 Å². The third-order valence-corrected chi connectivity index (χ3v) is 9.04. The van der Waals surface area contributed by atoms with E-state index in [0.717, 1.165) is 29.0 Å². The second-order valence-corrected chi connectivity index (χ2v) is 11.8. The smallest absolute Gasteiger partial charge is 0.399 e. The van der Waals surface area contributed by atoms with Gasteiger partial charge in [-0.25, -0.2) is 0 Å². The number of benzene rings is 3. The molecule has 0 radical (unpaired) electrons. The summed E-state index contributed by atoms with van der Waals surface area (Å²) in [5.41, 5.74) is 16.6. The van der Waals surface area contributed by atoms with E-state index in [9.17, 15) is 0 Å². The first-order valence-corrected chi connectivity index (χ1v) is 15.6. The van der Waals surface area contributed by atoms with E-state index in [1.807, 2.05) is 57.2 Å². The molecule has 0 amide bonds. The van der Waals surface area contributed by atoms with E-state index in [-0.39, 0.29) is 0 Å². The number of rotatable bonds is 15. The Bertz CT molecular complexity index is 1290. The molecule has 0 bridgehead atoms. The maximum absolute atomic E-state index is 5.99. The number of aromatic nitrogens is 3. The third-order valence-electron chi connectivity index (χ3n) is 5.99. The van der Waals surface area contributed by atoms with Crippen LogP contribution < -0.4 is 27.4 Å². The van der Waals surface area contributed by atoms with Crippen molar-refractivity contribution in [2.24, 2.45) is 0 Å². The minimum Gasteiger partial charge on any atom is -0.399 e. The second-order valence-electron chi connectivity index (χ2n) is 9.10. The molecule has 12 heteroatoms. The van der Waals surface area contributed by atoms with Crippen molar-refractivity contribution in [3.63, 3.8) is 0 Å². The van der Waals surface area contributed by atoms with Crippen LogP contribution in [-0.2, 0) is 19.7 Å². The molecule has 216 valence electrons. The van der Waals surface area contributed by atoms with E-state index in [1.54, 1.807) is 24.3 Å². The summed E-state index contributed by atoms with van der Waals surface area (Å²) in [7, 11) is -2.71. The van der Waals surface area contributed by atoms with Crippen molar-refractivity contribution in [1.29, 1.82) is 0 Å². The van der Waals surface area contributed by atoms with Gasteiger partial charge in [-0.3, -0.25) is 0 Å². The Morgan fingerprint density at radius 3 is 1.24 bits per heavy atom. The molecule has 3 aromatic carbocycles. The lowest BCUT2D eigenvalue weighted by molar-refractivity contribution is 0.0714. The van der Waals surface area contributed by atoms with E-state index in [0.29, 0.717) is 55.1 Å². The number of hydrogen-bond acceptors (Lipinski definition) is 11. The first-order valence-electron chi connectivity index (χ1n) is 13.7. The molecule has 0 saturated heterocycles. The van der Waals surface area contributed by atoms with Crippen LogP contribution in [-0.4, -0.2) is 43.6 Å². The van der Waals surface area contributed by atoms with Crippen LogP contribution in [0.1, 0.15) is 26.3 Å². The summed E-state index contributed by atoms with van der Waals surface area (Å²) in [4.78, 5) is 13.7. The van der Waals surface area contributed by atoms with Gasteiger partial charge < -0.3 is 40.7 Å². The molecule has 4 aromatic rings. The summed E-state index contributed by atoms with van der Waals surface area (Å²) < 4.78 is 18.0. The van der Waals surface area contributed by atoms with E-state index in [2.05, 4.69) is 43.0 Å². The van der Waals surface area contributed by atoms with Crippen molar-refractivity contribution in [2.45, 2.75) is 33.2 Å². The minimum atomic E-state index is -2.71. The number of nitrogens with zero attached hydrogens (tertiary/aromatic N) is 3. The average molecular weight is 575 g/mol. The van der Waals surface area contributed by atoms with Crippen LogP contribution in [0.25, 0.3) is 0 Å². The number of nitrogens with two attached hydrogens (primary N) is 2. The lowest BCUT2D eigenvalue weighted by Crippen LogP contribution is -2.46. The van der Waals surface area contributed by atoms with Crippen molar-refractivity contribution in [3.05, 3.63) is 78.4 Å². The van der Waals surface area contributed by atoms with Gasteiger partial charge in [-0.05, 0) is 93.4 Å². The summed E-state index contributed by atoms with van der Waals surface area (Å²) in [6.07, 6.45) is 0.781. The molecule has 7 N–H and O–H groups in total. The molecule has 1 heterocycles. The molecule has 0 atom stereocenters. The fourth-order valence-corrected chi connectivity index (χ4v) is 6.71. The fraction of sp³-hybridized carbons (Fsp3) is 0.276. The highest BCUT2D eigenvalue weighted by molar-refractivity contribution is 6.60. The molecule has 11 nitrogen and oxygen atoms in total. The van der Waals surface area contributed by atoms with Crippen molar-refractivity contribution in [1.82, 2.24) is 15.0 Å². The molecule has 0 spiro atoms. The number of nitrogen functional groups attached to an aromatic ring is 2. The normalized spacial score (nSPS) is 11.3. The zero-order chi connectivity index (χ0) is 29.1. The Morgan fingerprint density at radius 2 is 0.902 bits per heavy atom. The van der Waals surface area contributed by atoms with Crippen LogP contribution in [0.15, 0.2) is 72.8 Å². The zero-order valence-corrected chi connectivity index (χ0v) is 24.7. The molecule has 0 unspecified atom stereocenters. The van der Waals surface area contributed by atoms with Gasteiger partial charge in [-0.15, -0.1) is 0 Å². The SMILES string of the molecule is CCO[Si](CCc1ccc(Nc2nc(Nc3ccc(N)cc3)nc(Nc3ccc(N)cc3)n2)cc1)(OCC)OCC. The number of nitrogens with one attached hydrogen (secondary N) is 3. The molecular formula is C29H38N8O3Si. The van der Waals surface area contributed by atoms with E-state index >= 15 is 0 Å². The molecule has 0 aliphatic carbocycles. The Balaban J connectivity index is 1.50. The van der Waals surface area contributed by atoms with Gasteiger partial charge in [0.05, 0.1) is 0 Å². The standard InChI is InChI=1S/C29H38N8O3Si/c1-4-38-41(39-5-2,40-6-3)20-19-21-7-13-24(14-8-21)32-27-35-28(33-25-15-9-22(30)10-16-25)37-29(36-27)34-26-17-11-23(31)12-18-26/h7-18H,4-6,19-20,30-31H2,1-3H3,(H3,32,33,34,35,36,37). The van der Waals surface area contributed by atoms with Crippen molar-refractivity contribution >= 4 is 55.1 Å². The van der Waals surface area contributed by atoms with Crippen LogP contribution in [0.3, 0.4) is 0 Å². The number of aryl methyl sites for hydroxylation is 1. The van der Waals surface area contributed by atoms with Gasteiger partial charge in [0, 0.05) is 54.3 Å². The van der Waals surface area contributed by atoms with Gasteiger partial charge in [0.2, 0.25) is 17.8 Å². The molecule has 0 saturated carbocycles. The predicted molar refractivity (Wildman–Crippen MR) is 167 cm³/mol. The lowest BCUT2D eigenvalue weighted by Gasteiger charge is -2.28. The van der Waals surface area contributed by atoms with Crippen molar-refractivity contribution in [2.75, 3.05) is 47.2 Å². The largest absolute Gasteiger partial charge is 0.501 e.